The number of aryl methyl sites for hydroxylation is 2. The summed E-state index contributed by atoms with van der Waals surface area (Å²) < 4.78 is 0. The summed E-state index contributed by atoms with van der Waals surface area (Å²) in [4.78, 5) is 0. The zero-order chi connectivity index (χ0) is 14.8. The van der Waals surface area contributed by atoms with Crippen molar-refractivity contribution in [2.75, 3.05) is 0 Å². The SMILES string of the molecule is CCC1CCC(C#N)(C(O)c2ccc(C)cc2C)CC1. The number of nitrogens with zero attached hydrogens (tertiary/aromatic N) is 1. The number of rotatable bonds is 3. The lowest BCUT2D eigenvalue weighted by molar-refractivity contribution is 0.0238. The third-order valence-corrected chi connectivity index (χ3v) is 5.04. The lowest BCUT2D eigenvalue weighted by Gasteiger charge is -2.38. The maximum Gasteiger partial charge on any atom is 0.0978 e. The van der Waals surface area contributed by atoms with Crippen LogP contribution in [0.25, 0.3) is 0 Å². The van der Waals surface area contributed by atoms with Gasteiger partial charge in [-0.3, -0.25) is 0 Å². The van der Waals surface area contributed by atoms with Crippen LogP contribution in [0.1, 0.15) is 61.8 Å². The maximum absolute atomic E-state index is 10.8. The molecule has 1 aliphatic carbocycles. The van der Waals surface area contributed by atoms with Crippen molar-refractivity contribution in [2.45, 2.75) is 59.0 Å². The first-order valence-corrected chi connectivity index (χ1v) is 7.69. The molecule has 0 bridgehead atoms. The second-order valence-electron chi connectivity index (χ2n) is 6.38. The second kappa shape index (κ2) is 5.97. The van der Waals surface area contributed by atoms with E-state index in [-0.39, 0.29) is 0 Å². The van der Waals surface area contributed by atoms with E-state index in [0.29, 0.717) is 0 Å². The van der Waals surface area contributed by atoms with E-state index < -0.39 is 11.5 Å². The van der Waals surface area contributed by atoms with Crippen molar-refractivity contribution in [3.63, 3.8) is 0 Å². The van der Waals surface area contributed by atoms with Crippen molar-refractivity contribution in [3.8, 4) is 6.07 Å². The minimum atomic E-state index is -0.661. The van der Waals surface area contributed by atoms with E-state index in [4.69, 9.17) is 0 Å². The number of hydrogen-bond donors (Lipinski definition) is 1. The monoisotopic (exact) mass is 271 g/mol. The van der Waals surface area contributed by atoms with E-state index in [1.807, 2.05) is 19.1 Å². The molecule has 1 saturated carbocycles. The third kappa shape index (κ3) is 2.74. The van der Waals surface area contributed by atoms with Crippen molar-refractivity contribution in [1.29, 1.82) is 5.26 Å². The molecule has 1 fully saturated rings. The Balaban J connectivity index is 2.26. The number of hydrogen-bond acceptors (Lipinski definition) is 2. The van der Waals surface area contributed by atoms with Gasteiger partial charge >= 0.3 is 0 Å². The molecule has 1 aromatic rings. The molecule has 0 aromatic heterocycles. The van der Waals surface area contributed by atoms with Crippen LogP contribution in [0.15, 0.2) is 18.2 Å². The minimum Gasteiger partial charge on any atom is -0.387 e. The van der Waals surface area contributed by atoms with Gasteiger partial charge in [-0.15, -0.1) is 0 Å². The zero-order valence-corrected chi connectivity index (χ0v) is 12.8. The lowest BCUT2D eigenvalue weighted by Crippen LogP contribution is -2.32. The Morgan fingerprint density at radius 3 is 2.50 bits per heavy atom. The van der Waals surface area contributed by atoms with Crippen molar-refractivity contribution < 1.29 is 5.11 Å². The Morgan fingerprint density at radius 1 is 1.35 bits per heavy atom. The lowest BCUT2D eigenvalue weighted by atomic mass is 9.66. The molecule has 108 valence electrons. The summed E-state index contributed by atoms with van der Waals surface area (Å²) in [6.07, 6.45) is 4.28. The quantitative estimate of drug-likeness (QED) is 0.882. The summed E-state index contributed by atoms with van der Waals surface area (Å²) in [5, 5.41) is 20.5. The zero-order valence-electron chi connectivity index (χ0n) is 12.8. The highest BCUT2D eigenvalue weighted by molar-refractivity contribution is 5.34. The molecule has 20 heavy (non-hydrogen) atoms. The predicted molar refractivity (Wildman–Crippen MR) is 81.2 cm³/mol. The Bertz CT molecular complexity index is 507. The standard InChI is InChI=1S/C18H25NO/c1-4-15-7-9-18(12-19,10-8-15)17(20)16-6-5-13(2)11-14(16)3/h5-6,11,15,17,20H,4,7-10H2,1-3H3. The van der Waals surface area contributed by atoms with Gasteiger partial charge in [0.25, 0.3) is 0 Å². The Hall–Kier alpha value is -1.33. The summed E-state index contributed by atoms with van der Waals surface area (Å²) in [5.74, 6) is 0.725. The minimum absolute atomic E-state index is 0.592. The molecule has 0 amide bonds. The number of benzene rings is 1. The summed E-state index contributed by atoms with van der Waals surface area (Å²) in [7, 11) is 0. The molecule has 2 heteroatoms. The Labute approximate surface area is 122 Å². The molecule has 1 aliphatic rings. The van der Waals surface area contributed by atoms with Crippen LogP contribution in [0.2, 0.25) is 0 Å². The van der Waals surface area contributed by atoms with Gasteiger partial charge in [0.05, 0.1) is 17.6 Å². The van der Waals surface area contributed by atoms with Crippen LogP contribution < -0.4 is 0 Å². The van der Waals surface area contributed by atoms with Gasteiger partial charge in [0.2, 0.25) is 0 Å². The number of aliphatic hydroxyl groups excluding tert-OH is 1. The largest absolute Gasteiger partial charge is 0.387 e. The molecular formula is C18H25NO. The van der Waals surface area contributed by atoms with Gasteiger partial charge in [-0.1, -0.05) is 37.1 Å². The van der Waals surface area contributed by atoms with Crippen molar-refractivity contribution in [2.24, 2.45) is 11.3 Å². The molecule has 1 atom stereocenters. The van der Waals surface area contributed by atoms with Crippen LogP contribution in [-0.4, -0.2) is 5.11 Å². The van der Waals surface area contributed by atoms with Gasteiger partial charge in [-0.25, -0.2) is 0 Å². The maximum atomic E-state index is 10.8. The smallest absolute Gasteiger partial charge is 0.0978 e. The topological polar surface area (TPSA) is 44.0 Å². The molecule has 0 radical (unpaired) electrons. The second-order valence-corrected chi connectivity index (χ2v) is 6.38. The van der Waals surface area contributed by atoms with Crippen molar-refractivity contribution in [1.82, 2.24) is 0 Å². The molecule has 0 aliphatic heterocycles. The van der Waals surface area contributed by atoms with Crippen LogP contribution in [-0.2, 0) is 0 Å². The molecule has 2 nitrogen and oxygen atoms in total. The van der Waals surface area contributed by atoms with Gasteiger partial charge in [0.15, 0.2) is 0 Å². The fraction of sp³-hybridized carbons (Fsp3) is 0.611. The Morgan fingerprint density at radius 2 is 2.00 bits per heavy atom. The molecule has 0 spiro atoms. The first-order valence-electron chi connectivity index (χ1n) is 7.69. The van der Waals surface area contributed by atoms with E-state index >= 15 is 0 Å². The normalized spacial score (nSPS) is 27.9. The summed E-state index contributed by atoms with van der Waals surface area (Å²) in [6, 6.07) is 8.55. The van der Waals surface area contributed by atoms with Crippen LogP contribution in [0.3, 0.4) is 0 Å². The highest BCUT2D eigenvalue weighted by Crippen LogP contribution is 2.48. The van der Waals surface area contributed by atoms with Gasteiger partial charge < -0.3 is 5.11 Å². The molecule has 1 N–H and O–H groups in total. The van der Waals surface area contributed by atoms with Crippen LogP contribution in [0, 0.1) is 36.5 Å². The fourth-order valence-corrected chi connectivity index (χ4v) is 3.48. The predicted octanol–water partition coefficient (Wildman–Crippen LogP) is 4.45. The summed E-state index contributed by atoms with van der Waals surface area (Å²) >= 11 is 0. The summed E-state index contributed by atoms with van der Waals surface area (Å²) in [6.45, 7) is 6.29. The van der Waals surface area contributed by atoms with Gasteiger partial charge in [0.1, 0.15) is 0 Å². The molecule has 0 heterocycles. The molecular weight excluding hydrogens is 246 g/mol. The average molecular weight is 271 g/mol. The number of nitriles is 1. The van der Waals surface area contributed by atoms with E-state index in [1.165, 1.54) is 12.0 Å². The van der Waals surface area contributed by atoms with Crippen LogP contribution in [0.4, 0.5) is 0 Å². The average Bonchev–Trinajstić information content (AvgIpc) is 2.46. The van der Waals surface area contributed by atoms with E-state index in [2.05, 4.69) is 26.0 Å². The van der Waals surface area contributed by atoms with E-state index in [1.54, 1.807) is 0 Å². The molecule has 2 rings (SSSR count). The number of aliphatic hydroxyl groups is 1. The first kappa shape index (κ1) is 15.1. The van der Waals surface area contributed by atoms with Crippen molar-refractivity contribution >= 4 is 0 Å². The highest BCUT2D eigenvalue weighted by Gasteiger charge is 2.42. The van der Waals surface area contributed by atoms with E-state index in [0.717, 1.165) is 42.7 Å². The molecule has 0 saturated heterocycles. The highest BCUT2D eigenvalue weighted by atomic mass is 16.3. The van der Waals surface area contributed by atoms with Gasteiger partial charge in [-0.2, -0.15) is 5.26 Å². The third-order valence-electron chi connectivity index (χ3n) is 5.04. The van der Waals surface area contributed by atoms with Crippen molar-refractivity contribution in [3.05, 3.63) is 34.9 Å². The molecule has 1 aromatic carbocycles. The first-order chi connectivity index (χ1) is 9.52. The van der Waals surface area contributed by atoms with Crippen LogP contribution in [0.5, 0.6) is 0 Å². The van der Waals surface area contributed by atoms with Gasteiger partial charge in [-0.05, 0) is 56.6 Å². The van der Waals surface area contributed by atoms with E-state index in [9.17, 15) is 10.4 Å². The van der Waals surface area contributed by atoms with Crippen LogP contribution >= 0.6 is 0 Å². The Kier molecular flexibility index (Phi) is 4.50. The summed E-state index contributed by atoms with van der Waals surface area (Å²) in [5.41, 5.74) is 2.61. The van der Waals surface area contributed by atoms with Gasteiger partial charge in [0, 0.05) is 0 Å². The fourth-order valence-electron chi connectivity index (χ4n) is 3.48. The molecule has 1 unspecified atom stereocenters.